The Labute approximate surface area is 110 Å². The fourth-order valence-corrected chi connectivity index (χ4v) is 1.99. The number of ether oxygens (including phenoxy) is 2. The first-order valence-electron chi connectivity index (χ1n) is 5.30. The van der Waals surface area contributed by atoms with Gasteiger partial charge < -0.3 is 20.3 Å². The Hall–Kier alpha value is -1.46. The fraction of sp³-hybridized carbons (Fsp3) is 0.417. The number of rotatable bonds is 5. The lowest BCUT2D eigenvalue weighted by Gasteiger charge is -2.18. The van der Waals surface area contributed by atoms with Gasteiger partial charge in [-0.05, 0) is 13.0 Å². The molecule has 0 aliphatic rings. The van der Waals surface area contributed by atoms with Gasteiger partial charge in [0.1, 0.15) is 11.5 Å². The highest BCUT2D eigenvalue weighted by molar-refractivity contribution is 6.33. The average Bonchev–Trinajstić information content (AvgIpc) is 2.31. The van der Waals surface area contributed by atoms with Crippen molar-refractivity contribution in [1.29, 1.82) is 0 Å². The van der Waals surface area contributed by atoms with Crippen LogP contribution >= 0.6 is 11.6 Å². The molecule has 0 aromatic heterocycles. The van der Waals surface area contributed by atoms with E-state index in [9.17, 15) is 4.79 Å². The van der Waals surface area contributed by atoms with Gasteiger partial charge in [-0.15, -0.1) is 0 Å². The van der Waals surface area contributed by atoms with Gasteiger partial charge in [0, 0.05) is 17.2 Å². The molecular weight excluding hydrogens is 258 g/mol. The second-order valence-corrected chi connectivity index (χ2v) is 4.22. The molecule has 18 heavy (non-hydrogen) atoms. The highest BCUT2D eigenvalue weighted by atomic mass is 35.5. The minimum atomic E-state index is -0.986. The molecule has 0 fully saturated rings. The second-order valence-electron chi connectivity index (χ2n) is 3.84. The molecule has 0 aliphatic carbocycles. The summed E-state index contributed by atoms with van der Waals surface area (Å²) in [7, 11) is 2.97. The van der Waals surface area contributed by atoms with Gasteiger partial charge in [-0.1, -0.05) is 11.6 Å². The molecule has 0 bridgehead atoms. The van der Waals surface area contributed by atoms with Gasteiger partial charge in [0.2, 0.25) is 0 Å². The van der Waals surface area contributed by atoms with Crippen molar-refractivity contribution in [2.45, 2.75) is 19.4 Å². The van der Waals surface area contributed by atoms with Crippen molar-refractivity contribution in [2.24, 2.45) is 5.73 Å². The average molecular weight is 274 g/mol. The zero-order chi connectivity index (χ0) is 13.9. The number of hydrogen-bond acceptors (Lipinski definition) is 4. The van der Waals surface area contributed by atoms with E-state index in [0.29, 0.717) is 22.1 Å². The molecule has 0 amide bonds. The summed E-state index contributed by atoms with van der Waals surface area (Å²) in [5.74, 6) is -0.0411. The largest absolute Gasteiger partial charge is 0.496 e. The molecule has 1 atom stereocenters. The van der Waals surface area contributed by atoms with Crippen LogP contribution in [0.1, 0.15) is 23.6 Å². The number of benzene rings is 1. The first-order valence-corrected chi connectivity index (χ1v) is 5.68. The summed E-state index contributed by atoms with van der Waals surface area (Å²) < 4.78 is 10.4. The number of carbonyl (C=O) groups is 1. The van der Waals surface area contributed by atoms with Gasteiger partial charge in [-0.2, -0.15) is 0 Å². The van der Waals surface area contributed by atoms with Crippen molar-refractivity contribution in [1.82, 2.24) is 0 Å². The number of hydrogen-bond donors (Lipinski definition) is 2. The number of halogens is 1. The zero-order valence-corrected chi connectivity index (χ0v) is 11.2. The van der Waals surface area contributed by atoms with Crippen molar-refractivity contribution in [2.75, 3.05) is 14.2 Å². The van der Waals surface area contributed by atoms with Crippen LogP contribution in [0.25, 0.3) is 0 Å². The Morgan fingerprint density at radius 2 is 2.11 bits per heavy atom. The van der Waals surface area contributed by atoms with E-state index < -0.39 is 12.0 Å². The molecule has 3 N–H and O–H groups in total. The van der Waals surface area contributed by atoms with Crippen molar-refractivity contribution in [3.8, 4) is 11.5 Å². The maximum Gasteiger partial charge on any atom is 0.305 e. The molecule has 0 radical (unpaired) electrons. The van der Waals surface area contributed by atoms with E-state index in [0.717, 1.165) is 5.56 Å². The summed E-state index contributed by atoms with van der Waals surface area (Å²) in [6, 6.07) is 0.956. The topological polar surface area (TPSA) is 81.8 Å². The number of aliphatic carboxylic acids is 1. The maximum atomic E-state index is 10.7. The smallest absolute Gasteiger partial charge is 0.305 e. The lowest BCUT2D eigenvalue weighted by molar-refractivity contribution is -0.137. The summed E-state index contributed by atoms with van der Waals surface area (Å²) in [6.07, 6.45) is -0.209. The lowest BCUT2D eigenvalue weighted by atomic mass is 10.0. The lowest BCUT2D eigenvalue weighted by Crippen LogP contribution is -2.16. The fourth-order valence-electron chi connectivity index (χ4n) is 1.71. The van der Waals surface area contributed by atoms with Crippen LogP contribution in [0.2, 0.25) is 5.02 Å². The molecular formula is C12H16ClNO4. The van der Waals surface area contributed by atoms with Crippen molar-refractivity contribution in [3.05, 3.63) is 22.2 Å². The Bertz CT molecular complexity index is 462. The molecule has 1 aromatic carbocycles. The summed E-state index contributed by atoms with van der Waals surface area (Å²) in [4.78, 5) is 10.7. The van der Waals surface area contributed by atoms with Crippen LogP contribution in [0, 0.1) is 6.92 Å². The molecule has 1 rings (SSSR count). The number of methoxy groups -OCH3 is 2. The molecule has 0 aliphatic heterocycles. The molecule has 5 nitrogen and oxygen atoms in total. The first kappa shape index (κ1) is 14.6. The van der Waals surface area contributed by atoms with Gasteiger partial charge in [0.25, 0.3) is 0 Å². The third-order valence-electron chi connectivity index (χ3n) is 2.67. The highest BCUT2D eigenvalue weighted by Gasteiger charge is 2.21. The van der Waals surface area contributed by atoms with Gasteiger partial charge >= 0.3 is 5.97 Å². The zero-order valence-electron chi connectivity index (χ0n) is 10.5. The van der Waals surface area contributed by atoms with Crippen molar-refractivity contribution in [3.63, 3.8) is 0 Å². The van der Waals surface area contributed by atoms with E-state index in [4.69, 9.17) is 31.9 Å². The minimum absolute atomic E-state index is 0.209. The van der Waals surface area contributed by atoms with Gasteiger partial charge in [-0.3, -0.25) is 4.79 Å². The maximum absolute atomic E-state index is 10.7. The summed E-state index contributed by atoms with van der Waals surface area (Å²) >= 11 is 6.16. The molecule has 0 heterocycles. The van der Waals surface area contributed by atoms with Crippen LogP contribution in [-0.2, 0) is 4.79 Å². The first-order chi connectivity index (χ1) is 8.42. The molecule has 0 saturated heterocycles. The van der Waals surface area contributed by atoms with E-state index in [1.165, 1.54) is 14.2 Å². The highest BCUT2D eigenvalue weighted by Crippen LogP contribution is 2.40. The normalized spacial score (nSPS) is 12.1. The molecule has 0 saturated carbocycles. The van der Waals surface area contributed by atoms with Gasteiger partial charge in [0.05, 0.1) is 25.7 Å². The number of carboxylic acid groups (broad SMARTS) is 1. The van der Waals surface area contributed by atoms with E-state index in [1.54, 1.807) is 13.0 Å². The quantitative estimate of drug-likeness (QED) is 0.859. The predicted molar refractivity (Wildman–Crippen MR) is 68.5 cm³/mol. The number of nitrogens with two attached hydrogens (primary N) is 1. The van der Waals surface area contributed by atoms with E-state index >= 15 is 0 Å². The van der Waals surface area contributed by atoms with Crippen molar-refractivity contribution < 1.29 is 19.4 Å². The Morgan fingerprint density at radius 3 is 2.56 bits per heavy atom. The summed E-state index contributed by atoms with van der Waals surface area (Å²) in [6.45, 7) is 1.79. The minimum Gasteiger partial charge on any atom is -0.496 e. The van der Waals surface area contributed by atoms with Gasteiger partial charge in [0.15, 0.2) is 0 Å². The molecule has 1 unspecified atom stereocenters. The van der Waals surface area contributed by atoms with E-state index in [-0.39, 0.29) is 6.42 Å². The Kier molecular flexibility index (Phi) is 4.81. The van der Waals surface area contributed by atoms with Crippen LogP contribution in [0.5, 0.6) is 11.5 Å². The SMILES string of the molecule is COc1cc(C(N)CC(=O)O)c(OC)c(Cl)c1C. The molecule has 1 aromatic rings. The molecule has 6 heteroatoms. The summed E-state index contributed by atoms with van der Waals surface area (Å²) in [5, 5.41) is 9.16. The van der Waals surface area contributed by atoms with Crippen LogP contribution < -0.4 is 15.2 Å². The monoisotopic (exact) mass is 273 g/mol. The third-order valence-corrected chi connectivity index (χ3v) is 3.12. The second kappa shape index (κ2) is 5.93. The van der Waals surface area contributed by atoms with E-state index in [1.807, 2.05) is 0 Å². The summed E-state index contributed by atoms with van der Waals surface area (Å²) in [5.41, 5.74) is 7.08. The predicted octanol–water partition coefficient (Wildman–Crippen LogP) is 2.14. The Balaban J connectivity index is 3.32. The van der Waals surface area contributed by atoms with Crippen LogP contribution in [0.15, 0.2) is 6.07 Å². The van der Waals surface area contributed by atoms with Crippen molar-refractivity contribution >= 4 is 17.6 Å². The van der Waals surface area contributed by atoms with Crippen LogP contribution in [-0.4, -0.2) is 25.3 Å². The van der Waals surface area contributed by atoms with Gasteiger partial charge in [-0.25, -0.2) is 0 Å². The number of carboxylic acids is 1. The molecule has 100 valence electrons. The third kappa shape index (κ3) is 2.86. The molecule has 0 spiro atoms. The van der Waals surface area contributed by atoms with Crippen LogP contribution in [0.3, 0.4) is 0 Å². The van der Waals surface area contributed by atoms with E-state index in [2.05, 4.69) is 0 Å². The standard InChI is InChI=1S/C12H16ClNO4/c1-6-9(17-2)4-7(8(14)5-10(15)16)12(18-3)11(6)13/h4,8H,5,14H2,1-3H3,(H,15,16). The Morgan fingerprint density at radius 1 is 1.50 bits per heavy atom. The van der Waals surface area contributed by atoms with Crippen LogP contribution in [0.4, 0.5) is 0 Å².